The van der Waals surface area contributed by atoms with E-state index < -0.39 is 0 Å². The number of nitrogens with two attached hydrogens (primary N) is 1. The second kappa shape index (κ2) is 6.29. The number of hydrogen-bond donors (Lipinski definition) is 1. The molecule has 1 heterocycles. The predicted molar refractivity (Wildman–Crippen MR) is 72.4 cm³/mol. The highest BCUT2D eigenvalue weighted by molar-refractivity contribution is 5.36. The first-order chi connectivity index (χ1) is 9.16. The molecule has 0 fully saturated rings. The Hall–Kier alpha value is -1.94. The van der Waals surface area contributed by atoms with Crippen LogP contribution in [0.3, 0.4) is 0 Å². The van der Waals surface area contributed by atoms with Crippen LogP contribution in [0.15, 0.2) is 42.6 Å². The van der Waals surface area contributed by atoms with Crippen LogP contribution >= 0.6 is 0 Å². The molecule has 1 aromatic heterocycles. The normalized spacial score (nSPS) is 12.2. The van der Waals surface area contributed by atoms with Gasteiger partial charge in [-0.25, -0.2) is 4.39 Å². The van der Waals surface area contributed by atoms with E-state index in [1.165, 1.54) is 12.1 Å². The van der Waals surface area contributed by atoms with Gasteiger partial charge in [0.15, 0.2) is 0 Å². The molecule has 0 aliphatic heterocycles. The van der Waals surface area contributed by atoms with Crippen molar-refractivity contribution >= 4 is 0 Å². The molecule has 0 saturated heterocycles. The van der Waals surface area contributed by atoms with Gasteiger partial charge in [0, 0.05) is 36.0 Å². The van der Waals surface area contributed by atoms with Gasteiger partial charge in [0.2, 0.25) is 0 Å². The average molecular weight is 260 g/mol. The highest BCUT2D eigenvalue weighted by Crippen LogP contribution is 2.24. The molecule has 3 nitrogen and oxygen atoms in total. The molecule has 0 unspecified atom stereocenters. The number of hydrogen-bond acceptors (Lipinski definition) is 3. The minimum atomic E-state index is -0.322. The Kier molecular flexibility index (Phi) is 4.47. The second-order valence-electron chi connectivity index (χ2n) is 4.39. The second-order valence-corrected chi connectivity index (χ2v) is 4.39. The van der Waals surface area contributed by atoms with E-state index >= 15 is 0 Å². The van der Waals surface area contributed by atoms with Gasteiger partial charge in [-0.05, 0) is 25.1 Å². The molecule has 0 bridgehead atoms. The number of pyridine rings is 1. The van der Waals surface area contributed by atoms with Crippen molar-refractivity contribution < 1.29 is 9.13 Å². The van der Waals surface area contributed by atoms with Gasteiger partial charge in [-0.2, -0.15) is 0 Å². The van der Waals surface area contributed by atoms with E-state index in [9.17, 15) is 4.39 Å². The molecule has 0 saturated carbocycles. The molecular formula is C15H17FN2O. The van der Waals surface area contributed by atoms with Crippen molar-refractivity contribution in [3.8, 4) is 5.75 Å². The standard InChI is InChI=1S/C15H17FN2O/c1-11(17)14-6-5-12(16)10-15(14)19-9-7-13-4-2-3-8-18-13/h2-6,8,10-11H,7,9,17H2,1H3/t11-/m0/s1. The fraction of sp³-hybridized carbons (Fsp3) is 0.267. The number of ether oxygens (including phenoxy) is 1. The SMILES string of the molecule is C[C@H](N)c1ccc(F)cc1OCCc1ccccn1. The van der Waals surface area contributed by atoms with E-state index in [0.29, 0.717) is 18.8 Å². The maximum atomic E-state index is 13.2. The fourth-order valence-corrected chi connectivity index (χ4v) is 1.82. The zero-order valence-corrected chi connectivity index (χ0v) is 10.8. The Morgan fingerprint density at radius 1 is 1.32 bits per heavy atom. The molecule has 2 N–H and O–H groups in total. The van der Waals surface area contributed by atoms with Crippen LogP contribution in [0.2, 0.25) is 0 Å². The van der Waals surface area contributed by atoms with Crippen molar-refractivity contribution in [1.29, 1.82) is 0 Å². The largest absolute Gasteiger partial charge is 0.493 e. The minimum absolute atomic E-state index is 0.189. The number of aromatic nitrogens is 1. The fourth-order valence-electron chi connectivity index (χ4n) is 1.82. The molecule has 0 aliphatic rings. The summed E-state index contributed by atoms with van der Waals surface area (Å²) in [4.78, 5) is 4.21. The monoisotopic (exact) mass is 260 g/mol. The summed E-state index contributed by atoms with van der Waals surface area (Å²) in [7, 11) is 0. The third kappa shape index (κ3) is 3.76. The zero-order chi connectivity index (χ0) is 13.7. The van der Waals surface area contributed by atoms with Crippen molar-refractivity contribution in [2.75, 3.05) is 6.61 Å². The van der Waals surface area contributed by atoms with E-state index in [1.54, 1.807) is 12.3 Å². The summed E-state index contributed by atoms with van der Waals surface area (Å²) in [6, 6.07) is 9.97. The highest BCUT2D eigenvalue weighted by atomic mass is 19.1. The van der Waals surface area contributed by atoms with Crippen LogP contribution in [-0.4, -0.2) is 11.6 Å². The zero-order valence-electron chi connectivity index (χ0n) is 10.8. The molecule has 100 valence electrons. The van der Waals surface area contributed by atoms with Gasteiger partial charge in [0.25, 0.3) is 0 Å². The van der Waals surface area contributed by atoms with E-state index in [1.807, 2.05) is 25.1 Å². The Labute approximate surface area is 112 Å². The van der Waals surface area contributed by atoms with Crippen LogP contribution in [0, 0.1) is 5.82 Å². The van der Waals surface area contributed by atoms with Crippen LogP contribution < -0.4 is 10.5 Å². The van der Waals surface area contributed by atoms with E-state index in [2.05, 4.69) is 4.98 Å². The van der Waals surface area contributed by atoms with Gasteiger partial charge >= 0.3 is 0 Å². The molecule has 2 rings (SSSR count). The smallest absolute Gasteiger partial charge is 0.126 e. The molecule has 4 heteroatoms. The van der Waals surface area contributed by atoms with Crippen LogP contribution in [0.4, 0.5) is 4.39 Å². The van der Waals surface area contributed by atoms with Crippen LogP contribution in [0.1, 0.15) is 24.2 Å². The summed E-state index contributed by atoms with van der Waals surface area (Å²) in [5.74, 6) is 0.183. The van der Waals surface area contributed by atoms with Gasteiger partial charge in [0.05, 0.1) is 6.61 Å². The molecule has 0 amide bonds. The van der Waals surface area contributed by atoms with Crippen LogP contribution in [0.5, 0.6) is 5.75 Å². The summed E-state index contributed by atoms with van der Waals surface area (Å²) in [5.41, 5.74) is 7.59. The number of halogens is 1. The third-order valence-electron chi connectivity index (χ3n) is 2.81. The molecule has 1 aromatic carbocycles. The van der Waals surface area contributed by atoms with Gasteiger partial charge in [-0.1, -0.05) is 12.1 Å². The quantitative estimate of drug-likeness (QED) is 0.899. The summed E-state index contributed by atoms with van der Waals surface area (Å²) >= 11 is 0. The van der Waals surface area contributed by atoms with Crippen molar-refractivity contribution in [1.82, 2.24) is 4.98 Å². The molecule has 0 spiro atoms. The summed E-state index contributed by atoms with van der Waals surface area (Å²) < 4.78 is 18.9. The predicted octanol–water partition coefficient (Wildman–Crippen LogP) is 2.86. The maximum absolute atomic E-state index is 13.2. The molecule has 2 aromatic rings. The lowest BCUT2D eigenvalue weighted by Crippen LogP contribution is -2.10. The minimum Gasteiger partial charge on any atom is -0.493 e. The van der Waals surface area contributed by atoms with Crippen molar-refractivity contribution in [2.24, 2.45) is 5.73 Å². The Morgan fingerprint density at radius 3 is 2.84 bits per heavy atom. The van der Waals surface area contributed by atoms with Gasteiger partial charge in [-0.15, -0.1) is 0 Å². The van der Waals surface area contributed by atoms with Gasteiger partial charge in [0.1, 0.15) is 11.6 Å². The van der Waals surface area contributed by atoms with Gasteiger partial charge < -0.3 is 10.5 Å². The Morgan fingerprint density at radius 2 is 2.16 bits per heavy atom. The highest BCUT2D eigenvalue weighted by Gasteiger charge is 2.09. The molecule has 0 radical (unpaired) electrons. The Bertz CT molecular complexity index is 529. The maximum Gasteiger partial charge on any atom is 0.126 e. The molecule has 0 aliphatic carbocycles. The third-order valence-corrected chi connectivity index (χ3v) is 2.81. The lowest BCUT2D eigenvalue weighted by molar-refractivity contribution is 0.314. The first-order valence-electron chi connectivity index (χ1n) is 6.24. The van der Waals surface area contributed by atoms with E-state index in [0.717, 1.165) is 11.3 Å². The van der Waals surface area contributed by atoms with Crippen molar-refractivity contribution in [2.45, 2.75) is 19.4 Å². The number of rotatable bonds is 5. The van der Waals surface area contributed by atoms with Crippen molar-refractivity contribution in [3.63, 3.8) is 0 Å². The summed E-state index contributed by atoms with van der Waals surface area (Å²) in [6.45, 7) is 2.29. The van der Waals surface area contributed by atoms with Crippen molar-refractivity contribution in [3.05, 3.63) is 59.7 Å². The van der Waals surface area contributed by atoms with E-state index in [-0.39, 0.29) is 11.9 Å². The molecule has 1 atom stereocenters. The number of benzene rings is 1. The molecular weight excluding hydrogens is 243 g/mol. The van der Waals surface area contributed by atoms with Crippen LogP contribution in [0.25, 0.3) is 0 Å². The lowest BCUT2D eigenvalue weighted by Gasteiger charge is -2.14. The summed E-state index contributed by atoms with van der Waals surface area (Å²) in [6.07, 6.45) is 2.42. The van der Waals surface area contributed by atoms with E-state index in [4.69, 9.17) is 10.5 Å². The topological polar surface area (TPSA) is 48.1 Å². The first-order valence-corrected chi connectivity index (χ1v) is 6.24. The first kappa shape index (κ1) is 13.5. The average Bonchev–Trinajstić information content (AvgIpc) is 2.39. The number of nitrogens with zero attached hydrogens (tertiary/aromatic N) is 1. The van der Waals surface area contributed by atoms with Gasteiger partial charge in [-0.3, -0.25) is 4.98 Å². The molecule has 19 heavy (non-hydrogen) atoms. The summed E-state index contributed by atoms with van der Waals surface area (Å²) in [5, 5.41) is 0. The lowest BCUT2D eigenvalue weighted by atomic mass is 10.1. The van der Waals surface area contributed by atoms with Crippen LogP contribution in [-0.2, 0) is 6.42 Å². The Balaban J connectivity index is 2.01.